The minimum absolute atomic E-state index is 0.0909. The molecule has 2 heterocycles. The van der Waals surface area contributed by atoms with Crippen molar-refractivity contribution in [3.63, 3.8) is 0 Å². The van der Waals surface area contributed by atoms with Crippen molar-refractivity contribution in [2.45, 2.75) is 56.0 Å². The Morgan fingerprint density at radius 1 is 1.28 bits per heavy atom. The summed E-state index contributed by atoms with van der Waals surface area (Å²) in [5, 5.41) is 8.80. The van der Waals surface area contributed by atoms with Crippen molar-refractivity contribution in [1.82, 2.24) is 4.98 Å². The second-order valence-electron chi connectivity index (χ2n) is 8.29. The van der Waals surface area contributed by atoms with E-state index in [0.717, 1.165) is 17.7 Å². The van der Waals surface area contributed by atoms with Crippen LogP contribution in [0.15, 0.2) is 65.8 Å². The molecule has 6 nitrogen and oxygen atoms in total. The molecule has 1 aliphatic rings. The van der Waals surface area contributed by atoms with E-state index in [4.69, 9.17) is 19.3 Å². The molecule has 7 heteroatoms. The van der Waals surface area contributed by atoms with Crippen molar-refractivity contribution < 1.29 is 24.1 Å². The molecule has 3 atom stereocenters. The summed E-state index contributed by atoms with van der Waals surface area (Å²) in [5.41, 5.74) is 0.286. The number of hydrogen-bond donors (Lipinski definition) is 1. The molecule has 1 fully saturated rings. The number of ether oxygens (including phenoxy) is 3. The average molecular weight is 458 g/mol. The predicted molar refractivity (Wildman–Crippen MR) is 125 cm³/mol. The smallest absolute Gasteiger partial charge is 0.303 e. The van der Waals surface area contributed by atoms with Gasteiger partial charge in [-0.2, -0.15) is 0 Å². The van der Waals surface area contributed by atoms with Crippen LogP contribution in [-0.2, 0) is 14.3 Å². The van der Waals surface area contributed by atoms with Crippen LogP contribution in [-0.4, -0.2) is 40.8 Å². The van der Waals surface area contributed by atoms with Gasteiger partial charge in [0.1, 0.15) is 5.75 Å². The third-order valence-electron chi connectivity index (χ3n) is 5.31. The first-order valence-electron chi connectivity index (χ1n) is 10.8. The fraction of sp³-hybridized carbons (Fsp3) is 0.440. The normalized spacial score (nSPS) is 21.5. The van der Waals surface area contributed by atoms with E-state index in [1.165, 1.54) is 4.90 Å². The molecule has 1 aromatic carbocycles. The molecule has 1 aromatic heterocycles. The summed E-state index contributed by atoms with van der Waals surface area (Å²) in [6, 6.07) is 11.9. The maximum atomic E-state index is 10.7. The van der Waals surface area contributed by atoms with E-state index >= 15 is 0 Å². The average Bonchev–Trinajstić information content (AvgIpc) is 2.79. The van der Waals surface area contributed by atoms with Crippen LogP contribution in [0.25, 0.3) is 0 Å². The van der Waals surface area contributed by atoms with E-state index in [-0.39, 0.29) is 18.4 Å². The molecule has 0 aliphatic carbocycles. The van der Waals surface area contributed by atoms with Crippen LogP contribution in [0.4, 0.5) is 0 Å². The molecule has 1 saturated heterocycles. The van der Waals surface area contributed by atoms with E-state index in [1.54, 1.807) is 18.0 Å². The van der Waals surface area contributed by atoms with Gasteiger partial charge in [-0.1, -0.05) is 18.2 Å². The molecule has 1 aliphatic heterocycles. The standard InChI is InChI=1S/C25H31NO5S/c1-25(2,31-20-11-13-21(32-3)14-12-20)24-29-17-19(8-5-4-6-10-22(27)28)23(30-24)18-9-7-15-26-16-18/h4-5,7,9,11-16,19,23-24H,6,8,10,17H2,1-3H3,(H,27,28)/b5-4-/t19-,23-,24+/m1/s1. The Kier molecular flexibility index (Phi) is 8.73. The second kappa shape index (κ2) is 11.5. The van der Waals surface area contributed by atoms with Crippen molar-refractivity contribution in [1.29, 1.82) is 0 Å². The molecule has 3 rings (SSSR count). The molecular formula is C25H31NO5S. The van der Waals surface area contributed by atoms with Crippen molar-refractivity contribution >= 4 is 17.7 Å². The first-order valence-corrected chi connectivity index (χ1v) is 12.0. The molecule has 0 bridgehead atoms. The number of aromatic nitrogens is 1. The molecule has 0 saturated carbocycles. The first-order chi connectivity index (χ1) is 15.4. The largest absolute Gasteiger partial charge is 0.483 e. The highest BCUT2D eigenvalue weighted by Gasteiger charge is 2.42. The molecule has 32 heavy (non-hydrogen) atoms. The number of carboxylic acids is 1. The summed E-state index contributed by atoms with van der Waals surface area (Å²) in [6.07, 6.45) is 10.1. The summed E-state index contributed by atoms with van der Waals surface area (Å²) in [7, 11) is 0. The number of thioether (sulfide) groups is 1. The van der Waals surface area contributed by atoms with Gasteiger partial charge in [0, 0.05) is 29.6 Å². The molecule has 1 N–H and O–H groups in total. The highest BCUT2D eigenvalue weighted by Crippen LogP contribution is 2.38. The molecular weight excluding hydrogens is 426 g/mol. The maximum absolute atomic E-state index is 10.7. The number of pyridine rings is 1. The SMILES string of the molecule is CSc1ccc(OC(C)(C)[C@H]2OC[C@@H](C/C=C\CCC(=O)O)[C@@H](c3cccnc3)O2)cc1. The van der Waals surface area contributed by atoms with Crippen LogP contribution in [0.3, 0.4) is 0 Å². The van der Waals surface area contributed by atoms with Crippen molar-refractivity contribution in [2.24, 2.45) is 5.92 Å². The minimum Gasteiger partial charge on any atom is -0.483 e. The highest BCUT2D eigenvalue weighted by atomic mass is 32.2. The zero-order chi connectivity index (χ0) is 23.0. The minimum atomic E-state index is -0.791. The third-order valence-corrected chi connectivity index (χ3v) is 6.05. The maximum Gasteiger partial charge on any atom is 0.303 e. The summed E-state index contributed by atoms with van der Waals surface area (Å²) in [6.45, 7) is 4.44. The number of benzene rings is 1. The number of carbonyl (C=O) groups is 1. The molecule has 0 amide bonds. The van der Waals surface area contributed by atoms with Gasteiger partial charge in [0.15, 0.2) is 11.9 Å². The van der Waals surface area contributed by atoms with Gasteiger partial charge >= 0.3 is 5.97 Å². The lowest BCUT2D eigenvalue weighted by Gasteiger charge is -2.42. The van der Waals surface area contributed by atoms with Crippen LogP contribution in [0.1, 0.15) is 44.8 Å². The molecule has 2 aromatic rings. The van der Waals surface area contributed by atoms with Gasteiger partial charge in [-0.25, -0.2) is 0 Å². The fourth-order valence-corrected chi connectivity index (χ4v) is 4.03. The van der Waals surface area contributed by atoms with E-state index in [0.29, 0.717) is 13.0 Å². The Morgan fingerprint density at radius 2 is 2.06 bits per heavy atom. The fourth-order valence-electron chi connectivity index (χ4n) is 3.62. The lowest BCUT2D eigenvalue weighted by atomic mass is 9.92. The highest BCUT2D eigenvalue weighted by molar-refractivity contribution is 7.98. The predicted octanol–water partition coefficient (Wildman–Crippen LogP) is 5.50. The monoisotopic (exact) mass is 457 g/mol. The van der Waals surface area contributed by atoms with E-state index in [9.17, 15) is 4.79 Å². The lowest BCUT2D eigenvalue weighted by molar-refractivity contribution is -0.288. The van der Waals surface area contributed by atoms with E-state index < -0.39 is 17.9 Å². The number of hydrogen-bond acceptors (Lipinski definition) is 6. The van der Waals surface area contributed by atoms with E-state index in [1.807, 2.05) is 74.9 Å². The zero-order valence-corrected chi connectivity index (χ0v) is 19.6. The third kappa shape index (κ3) is 6.82. The summed E-state index contributed by atoms with van der Waals surface area (Å²) >= 11 is 1.69. The lowest BCUT2D eigenvalue weighted by Crippen LogP contribution is -2.50. The van der Waals surface area contributed by atoms with Gasteiger partial charge in [-0.3, -0.25) is 9.78 Å². The number of allylic oxidation sites excluding steroid dienone is 2. The Hall–Kier alpha value is -2.35. The number of rotatable bonds is 10. The summed E-state index contributed by atoms with van der Waals surface area (Å²) in [4.78, 5) is 16.1. The number of carboxylic acid groups (broad SMARTS) is 1. The van der Waals surface area contributed by atoms with Gasteiger partial charge in [-0.05, 0) is 68.8 Å². The van der Waals surface area contributed by atoms with Crippen LogP contribution in [0.2, 0.25) is 0 Å². The molecule has 0 unspecified atom stereocenters. The van der Waals surface area contributed by atoms with Crippen LogP contribution >= 0.6 is 11.8 Å². The number of nitrogens with zero attached hydrogens (tertiary/aromatic N) is 1. The van der Waals surface area contributed by atoms with Crippen molar-refractivity contribution in [2.75, 3.05) is 12.9 Å². The quantitative estimate of drug-likeness (QED) is 0.373. The second-order valence-corrected chi connectivity index (χ2v) is 9.17. The number of aliphatic carboxylic acids is 1. The van der Waals surface area contributed by atoms with Crippen molar-refractivity contribution in [3.05, 3.63) is 66.5 Å². The Morgan fingerprint density at radius 3 is 2.72 bits per heavy atom. The molecule has 0 radical (unpaired) electrons. The van der Waals surface area contributed by atoms with Crippen LogP contribution in [0, 0.1) is 5.92 Å². The van der Waals surface area contributed by atoms with Gasteiger partial charge in [0.25, 0.3) is 0 Å². The first kappa shape index (κ1) is 24.3. The van der Waals surface area contributed by atoms with Gasteiger partial charge in [0.2, 0.25) is 0 Å². The van der Waals surface area contributed by atoms with Crippen LogP contribution < -0.4 is 4.74 Å². The Labute approximate surface area is 194 Å². The van der Waals surface area contributed by atoms with Crippen molar-refractivity contribution in [3.8, 4) is 5.75 Å². The van der Waals surface area contributed by atoms with Gasteiger partial charge in [0.05, 0.1) is 12.7 Å². The van der Waals surface area contributed by atoms with Gasteiger partial charge in [-0.15, -0.1) is 11.8 Å². The van der Waals surface area contributed by atoms with Gasteiger partial charge < -0.3 is 19.3 Å². The molecule has 0 spiro atoms. The summed E-state index contributed by atoms with van der Waals surface area (Å²) in [5.74, 6) is 0.0648. The Bertz CT molecular complexity index is 885. The molecule has 172 valence electrons. The van der Waals surface area contributed by atoms with Crippen LogP contribution in [0.5, 0.6) is 5.75 Å². The summed E-state index contributed by atoms with van der Waals surface area (Å²) < 4.78 is 18.8. The Balaban J connectivity index is 1.69. The van der Waals surface area contributed by atoms with E-state index in [2.05, 4.69) is 4.98 Å². The zero-order valence-electron chi connectivity index (χ0n) is 18.8. The topological polar surface area (TPSA) is 77.9 Å².